The molecule has 162 valence electrons. The van der Waals surface area contributed by atoms with E-state index in [1.54, 1.807) is 30.3 Å². The minimum absolute atomic E-state index is 0.331. The molecule has 0 aromatic heterocycles. The van der Waals surface area contributed by atoms with Gasteiger partial charge in [-0.3, -0.25) is 0 Å². The monoisotopic (exact) mass is 422 g/mol. The van der Waals surface area contributed by atoms with Crippen molar-refractivity contribution in [3.05, 3.63) is 35.9 Å². The Kier molecular flexibility index (Phi) is 12.9. The molecule has 0 amide bonds. The number of rotatable bonds is 7. The molecule has 0 saturated carbocycles. The molecule has 0 aliphatic heterocycles. The van der Waals surface area contributed by atoms with Crippen molar-refractivity contribution in [2.24, 2.45) is 0 Å². The number of benzene rings is 1. The summed E-state index contributed by atoms with van der Waals surface area (Å²) in [6.07, 6.45) is -9.06. The average Bonchev–Trinajstić information content (AvgIpc) is 2.66. The molecule has 1 rings (SSSR count). The number of hydrogen-bond acceptors (Lipinski definition) is 9. The molecule has 0 aliphatic carbocycles. The van der Waals surface area contributed by atoms with Crippen LogP contribution in [0.4, 0.5) is 0 Å². The van der Waals surface area contributed by atoms with Crippen molar-refractivity contribution < 1.29 is 69.9 Å². The topological polar surface area (TPSA) is 267 Å². The lowest BCUT2D eigenvalue weighted by molar-refractivity contribution is -0.165. The van der Waals surface area contributed by atoms with E-state index < -0.39 is 54.3 Å². The third-order valence-electron chi connectivity index (χ3n) is 2.63. The smallest absolute Gasteiger partial charge is 0.335 e. The number of aliphatic hydroxyl groups is 4. The zero-order valence-electron chi connectivity index (χ0n) is 14.3. The first-order chi connectivity index (χ1) is 13.2. The highest BCUT2D eigenvalue weighted by Crippen LogP contribution is 1.96. The fraction of sp³-hybridized carbons (Fsp3) is 0.267. The summed E-state index contributed by atoms with van der Waals surface area (Å²) in [6.45, 7) is 0. The van der Waals surface area contributed by atoms with Crippen LogP contribution in [-0.4, -0.2) is 100 Å². The lowest BCUT2D eigenvalue weighted by atomic mass is 10.2. The first-order valence-electron chi connectivity index (χ1n) is 7.15. The molecule has 0 aliphatic rings. The highest BCUT2D eigenvalue weighted by Gasteiger charge is 2.30. The Morgan fingerprint density at radius 2 is 0.759 bits per heavy atom. The molecule has 0 heterocycles. The van der Waals surface area contributed by atoms with Crippen molar-refractivity contribution in [1.82, 2.24) is 0 Å². The van der Waals surface area contributed by atoms with Crippen molar-refractivity contribution >= 4 is 29.8 Å². The van der Waals surface area contributed by atoms with Gasteiger partial charge < -0.3 is 46.0 Å². The summed E-state index contributed by atoms with van der Waals surface area (Å²) in [6, 6.07) is 8.30. The molecule has 29 heavy (non-hydrogen) atoms. The molecule has 0 spiro atoms. The second kappa shape index (κ2) is 13.6. The Morgan fingerprint density at radius 3 is 0.897 bits per heavy atom. The van der Waals surface area contributed by atoms with Gasteiger partial charge in [-0.25, -0.2) is 24.0 Å². The maximum Gasteiger partial charge on any atom is 0.335 e. The minimum atomic E-state index is -2.27. The molecule has 1 aromatic carbocycles. The largest absolute Gasteiger partial charge is 0.479 e. The van der Waals surface area contributed by atoms with E-state index in [4.69, 9.17) is 46.0 Å². The van der Waals surface area contributed by atoms with Crippen LogP contribution in [0, 0.1) is 0 Å². The van der Waals surface area contributed by atoms with Crippen LogP contribution in [0.3, 0.4) is 0 Å². The van der Waals surface area contributed by atoms with Crippen molar-refractivity contribution in [1.29, 1.82) is 0 Å². The number of carboxylic acid groups (broad SMARTS) is 5. The van der Waals surface area contributed by atoms with Crippen LogP contribution in [0.2, 0.25) is 0 Å². The highest BCUT2D eigenvalue weighted by molar-refractivity contribution is 5.87. The van der Waals surface area contributed by atoms with Gasteiger partial charge in [0.25, 0.3) is 0 Å². The van der Waals surface area contributed by atoms with Gasteiger partial charge >= 0.3 is 29.8 Å². The van der Waals surface area contributed by atoms with E-state index in [1.165, 1.54) is 0 Å². The predicted octanol–water partition coefficient (Wildman–Crippen LogP) is -2.86. The zero-order valence-corrected chi connectivity index (χ0v) is 14.3. The van der Waals surface area contributed by atoms with E-state index in [2.05, 4.69) is 0 Å². The van der Waals surface area contributed by atoms with E-state index in [-0.39, 0.29) is 0 Å². The molecule has 4 unspecified atom stereocenters. The molecule has 0 radical (unpaired) electrons. The van der Waals surface area contributed by atoms with Gasteiger partial charge in [0.1, 0.15) is 0 Å². The number of hydrogen-bond donors (Lipinski definition) is 9. The molecule has 14 nitrogen and oxygen atoms in total. The van der Waals surface area contributed by atoms with Gasteiger partial charge in [-0.1, -0.05) is 18.2 Å². The van der Waals surface area contributed by atoms with Crippen LogP contribution in [0.5, 0.6) is 0 Å². The molecule has 4 atom stereocenters. The van der Waals surface area contributed by atoms with Gasteiger partial charge in [-0.15, -0.1) is 0 Å². The average molecular weight is 422 g/mol. The first kappa shape index (κ1) is 27.6. The Labute approximate surface area is 161 Å². The normalized spacial score (nSPS) is 13.7. The molecule has 14 heteroatoms. The number of aliphatic carboxylic acids is 4. The van der Waals surface area contributed by atoms with Crippen molar-refractivity contribution in [2.75, 3.05) is 0 Å². The quantitative estimate of drug-likeness (QED) is 0.214. The Hall–Kier alpha value is -3.59. The van der Waals surface area contributed by atoms with E-state index in [0.717, 1.165) is 0 Å². The van der Waals surface area contributed by atoms with E-state index in [0.29, 0.717) is 5.56 Å². The van der Waals surface area contributed by atoms with Crippen molar-refractivity contribution in [3.8, 4) is 0 Å². The summed E-state index contributed by atoms with van der Waals surface area (Å²) in [4.78, 5) is 49.3. The van der Waals surface area contributed by atoms with Gasteiger partial charge in [0.05, 0.1) is 5.56 Å². The summed E-state index contributed by atoms with van der Waals surface area (Å²) >= 11 is 0. The summed E-state index contributed by atoms with van der Waals surface area (Å²) in [5.74, 6) is -7.95. The van der Waals surface area contributed by atoms with Gasteiger partial charge in [0.15, 0.2) is 24.4 Å². The van der Waals surface area contributed by atoms with E-state index in [1.807, 2.05) is 0 Å². The molecule has 0 bridgehead atoms. The Bertz CT molecular complexity index is 628. The zero-order chi connectivity index (χ0) is 23.3. The van der Waals surface area contributed by atoms with Crippen LogP contribution in [0.15, 0.2) is 30.3 Å². The maximum absolute atomic E-state index is 10.2. The molecular formula is C15H18O14. The molecule has 0 saturated heterocycles. The minimum Gasteiger partial charge on any atom is -0.479 e. The van der Waals surface area contributed by atoms with Crippen LogP contribution >= 0.6 is 0 Å². The number of aliphatic hydroxyl groups excluding tert-OH is 4. The van der Waals surface area contributed by atoms with Crippen LogP contribution < -0.4 is 0 Å². The third-order valence-corrected chi connectivity index (χ3v) is 2.63. The second-order valence-corrected chi connectivity index (χ2v) is 4.80. The maximum atomic E-state index is 10.2. The lowest BCUT2D eigenvalue weighted by Crippen LogP contribution is -2.39. The fourth-order valence-corrected chi connectivity index (χ4v) is 1.12. The number of carbonyl (C=O) groups is 5. The van der Waals surface area contributed by atoms with Gasteiger partial charge in [-0.2, -0.15) is 0 Å². The number of carboxylic acids is 5. The third kappa shape index (κ3) is 11.7. The highest BCUT2D eigenvalue weighted by atomic mass is 16.4. The Balaban J connectivity index is 0. The lowest BCUT2D eigenvalue weighted by Gasteiger charge is -2.07. The van der Waals surface area contributed by atoms with Crippen molar-refractivity contribution in [2.45, 2.75) is 24.4 Å². The predicted molar refractivity (Wildman–Crippen MR) is 88.0 cm³/mol. The summed E-state index contributed by atoms with van der Waals surface area (Å²) in [7, 11) is 0. The standard InChI is InChI=1S/C7H6O2.2C4H6O6/c8-7(9)6-4-2-1-3-5-6;2*5-1(3(7)8)2(6)4(9)10/h1-5H,(H,8,9);2*1-2,5-6H,(H,7,8)(H,9,10). The summed E-state index contributed by atoms with van der Waals surface area (Å²) in [5, 5.41) is 73.4. The SMILES string of the molecule is O=C(O)C(O)C(O)C(=O)O.O=C(O)C(O)C(O)C(=O)O.O=C(O)c1ccccc1. The van der Waals surface area contributed by atoms with Gasteiger partial charge in [0, 0.05) is 0 Å². The van der Waals surface area contributed by atoms with E-state index in [9.17, 15) is 24.0 Å². The van der Waals surface area contributed by atoms with Crippen LogP contribution in [0.1, 0.15) is 10.4 Å². The summed E-state index contributed by atoms with van der Waals surface area (Å²) < 4.78 is 0. The molecule has 1 aromatic rings. The second-order valence-electron chi connectivity index (χ2n) is 4.80. The van der Waals surface area contributed by atoms with Gasteiger partial charge in [-0.05, 0) is 12.1 Å². The molecule has 9 N–H and O–H groups in total. The first-order valence-corrected chi connectivity index (χ1v) is 7.15. The van der Waals surface area contributed by atoms with Gasteiger partial charge in [0.2, 0.25) is 0 Å². The van der Waals surface area contributed by atoms with Crippen LogP contribution in [0.25, 0.3) is 0 Å². The Morgan fingerprint density at radius 1 is 0.517 bits per heavy atom. The van der Waals surface area contributed by atoms with Crippen molar-refractivity contribution in [3.63, 3.8) is 0 Å². The summed E-state index contributed by atoms with van der Waals surface area (Å²) in [5.41, 5.74) is 0.331. The molecule has 0 fully saturated rings. The molecular weight excluding hydrogens is 404 g/mol. The fourth-order valence-electron chi connectivity index (χ4n) is 1.12. The van der Waals surface area contributed by atoms with Crippen LogP contribution in [-0.2, 0) is 19.2 Å². The number of aromatic carboxylic acids is 1. The van der Waals surface area contributed by atoms with E-state index >= 15 is 0 Å².